The van der Waals surface area contributed by atoms with Crippen LogP contribution in [0.2, 0.25) is 0 Å². The van der Waals surface area contributed by atoms with Crippen LogP contribution in [0.15, 0.2) is 60.0 Å². The van der Waals surface area contributed by atoms with Crippen molar-refractivity contribution in [1.82, 2.24) is 5.32 Å². The number of hydrogen-bond acceptors (Lipinski definition) is 6. The fraction of sp³-hybridized carbons (Fsp3) is 0.190. The molecule has 0 bridgehead atoms. The first kappa shape index (κ1) is 20.3. The molecule has 29 heavy (non-hydrogen) atoms. The molecule has 1 atom stereocenters. The normalized spacial score (nSPS) is 11.5. The summed E-state index contributed by atoms with van der Waals surface area (Å²) in [5.41, 5.74) is 1.19. The van der Waals surface area contributed by atoms with E-state index in [0.717, 1.165) is 10.4 Å². The first-order valence-electron chi connectivity index (χ1n) is 8.86. The summed E-state index contributed by atoms with van der Waals surface area (Å²) in [5.74, 6) is 0.785. The van der Waals surface area contributed by atoms with Crippen molar-refractivity contribution in [2.24, 2.45) is 0 Å². The van der Waals surface area contributed by atoms with E-state index in [1.165, 1.54) is 18.2 Å². The Kier molecular flexibility index (Phi) is 6.46. The molecule has 8 heteroatoms. The van der Waals surface area contributed by atoms with E-state index < -0.39 is 4.92 Å². The van der Waals surface area contributed by atoms with E-state index in [0.29, 0.717) is 17.1 Å². The average Bonchev–Trinajstić information content (AvgIpc) is 3.27. The molecule has 0 saturated heterocycles. The Balaban J connectivity index is 1.77. The standard InChI is InChI=1S/C21H20N2O5S/c1-14(20-4-3-11-29-20)22-21(24)13-28-19-10-7-16(23(25)26)12-18(19)15-5-8-17(27-2)9-6-15/h3-12,14H,13H2,1-2H3,(H,22,24). The lowest BCUT2D eigenvalue weighted by Crippen LogP contribution is -2.30. The third kappa shape index (κ3) is 5.11. The van der Waals surface area contributed by atoms with Crippen LogP contribution in [0.25, 0.3) is 11.1 Å². The lowest BCUT2D eigenvalue weighted by atomic mass is 10.0. The zero-order chi connectivity index (χ0) is 20.8. The van der Waals surface area contributed by atoms with Gasteiger partial charge in [0.25, 0.3) is 11.6 Å². The highest BCUT2D eigenvalue weighted by Crippen LogP contribution is 2.34. The van der Waals surface area contributed by atoms with Gasteiger partial charge in [-0.3, -0.25) is 14.9 Å². The predicted octanol–water partition coefficient (Wildman–Crippen LogP) is 4.59. The zero-order valence-electron chi connectivity index (χ0n) is 16.0. The summed E-state index contributed by atoms with van der Waals surface area (Å²) in [7, 11) is 1.56. The monoisotopic (exact) mass is 412 g/mol. The van der Waals surface area contributed by atoms with E-state index in [4.69, 9.17) is 9.47 Å². The number of ether oxygens (including phenoxy) is 2. The Morgan fingerprint density at radius 1 is 1.21 bits per heavy atom. The van der Waals surface area contributed by atoms with Crippen LogP contribution in [0.5, 0.6) is 11.5 Å². The fourth-order valence-corrected chi connectivity index (χ4v) is 3.52. The number of nitrogens with one attached hydrogen (secondary N) is 1. The van der Waals surface area contributed by atoms with Gasteiger partial charge in [-0.15, -0.1) is 11.3 Å². The number of amides is 1. The van der Waals surface area contributed by atoms with Gasteiger partial charge in [0.05, 0.1) is 18.1 Å². The Morgan fingerprint density at radius 2 is 1.97 bits per heavy atom. The Bertz CT molecular complexity index is 987. The van der Waals surface area contributed by atoms with Crippen molar-refractivity contribution in [1.29, 1.82) is 0 Å². The minimum atomic E-state index is -0.466. The first-order chi connectivity index (χ1) is 14.0. The van der Waals surface area contributed by atoms with Gasteiger partial charge < -0.3 is 14.8 Å². The van der Waals surface area contributed by atoms with Crippen molar-refractivity contribution in [2.75, 3.05) is 13.7 Å². The largest absolute Gasteiger partial charge is 0.497 e. The smallest absolute Gasteiger partial charge is 0.270 e. The summed E-state index contributed by atoms with van der Waals surface area (Å²) in [6.45, 7) is 1.70. The number of methoxy groups -OCH3 is 1. The number of nitrogens with zero attached hydrogens (tertiary/aromatic N) is 1. The number of carbonyl (C=O) groups is 1. The molecule has 0 spiro atoms. The highest BCUT2D eigenvalue weighted by molar-refractivity contribution is 7.10. The molecule has 3 aromatic rings. The minimum Gasteiger partial charge on any atom is -0.497 e. The van der Waals surface area contributed by atoms with Gasteiger partial charge in [0.2, 0.25) is 0 Å². The Hall–Kier alpha value is -3.39. The number of nitro groups is 1. The molecule has 1 N–H and O–H groups in total. The minimum absolute atomic E-state index is 0.0565. The quantitative estimate of drug-likeness (QED) is 0.432. The topological polar surface area (TPSA) is 90.7 Å². The highest BCUT2D eigenvalue weighted by Gasteiger charge is 2.16. The summed E-state index contributed by atoms with van der Waals surface area (Å²) in [6.07, 6.45) is 0. The van der Waals surface area contributed by atoms with Crippen LogP contribution in [-0.4, -0.2) is 24.5 Å². The number of thiophene rings is 1. The van der Waals surface area contributed by atoms with Gasteiger partial charge >= 0.3 is 0 Å². The zero-order valence-corrected chi connectivity index (χ0v) is 16.8. The Labute approximate surface area is 172 Å². The van der Waals surface area contributed by atoms with E-state index >= 15 is 0 Å². The summed E-state index contributed by atoms with van der Waals surface area (Å²) in [4.78, 5) is 24.0. The van der Waals surface area contributed by atoms with Crippen LogP contribution in [-0.2, 0) is 4.79 Å². The van der Waals surface area contributed by atoms with Gasteiger partial charge in [-0.1, -0.05) is 18.2 Å². The molecule has 1 unspecified atom stereocenters. The van der Waals surface area contributed by atoms with Crippen LogP contribution >= 0.6 is 11.3 Å². The number of hydrogen-bond donors (Lipinski definition) is 1. The maximum atomic E-state index is 12.3. The van der Waals surface area contributed by atoms with E-state index in [1.54, 1.807) is 42.7 Å². The maximum Gasteiger partial charge on any atom is 0.270 e. The lowest BCUT2D eigenvalue weighted by molar-refractivity contribution is -0.384. The van der Waals surface area contributed by atoms with Gasteiger partial charge in [-0.2, -0.15) is 0 Å². The molecule has 0 aliphatic heterocycles. The van der Waals surface area contributed by atoms with Crippen LogP contribution in [0.4, 0.5) is 5.69 Å². The number of rotatable bonds is 8. The van der Waals surface area contributed by atoms with Crippen molar-refractivity contribution < 1.29 is 19.2 Å². The Morgan fingerprint density at radius 3 is 2.59 bits per heavy atom. The number of benzene rings is 2. The first-order valence-corrected chi connectivity index (χ1v) is 9.74. The van der Waals surface area contributed by atoms with Crippen molar-refractivity contribution in [3.8, 4) is 22.6 Å². The number of nitro benzene ring substituents is 1. The second-order valence-corrected chi connectivity index (χ2v) is 7.24. The van der Waals surface area contributed by atoms with Crippen LogP contribution in [0, 0.1) is 10.1 Å². The van der Waals surface area contributed by atoms with Crippen molar-refractivity contribution >= 4 is 22.9 Å². The molecule has 1 heterocycles. The van der Waals surface area contributed by atoms with E-state index in [9.17, 15) is 14.9 Å². The molecule has 3 rings (SSSR count). The van der Waals surface area contributed by atoms with Crippen molar-refractivity contribution in [3.63, 3.8) is 0 Å². The molecular weight excluding hydrogens is 392 g/mol. The van der Waals surface area contributed by atoms with Gasteiger partial charge in [0.1, 0.15) is 11.5 Å². The van der Waals surface area contributed by atoms with Gasteiger partial charge in [-0.05, 0) is 42.1 Å². The third-order valence-corrected chi connectivity index (χ3v) is 5.34. The predicted molar refractivity (Wildman–Crippen MR) is 111 cm³/mol. The molecule has 0 aliphatic carbocycles. The van der Waals surface area contributed by atoms with E-state index in [1.807, 2.05) is 24.4 Å². The molecule has 2 aromatic carbocycles. The van der Waals surface area contributed by atoms with Crippen molar-refractivity contribution in [3.05, 3.63) is 75.0 Å². The maximum absolute atomic E-state index is 12.3. The molecule has 7 nitrogen and oxygen atoms in total. The molecule has 1 amide bonds. The molecule has 1 aromatic heterocycles. The molecule has 150 valence electrons. The van der Waals surface area contributed by atoms with E-state index in [-0.39, 0.29) is 24.2 Å². The summed E-state index contributed by atoms with van der Waals surface area (Å²) in [6, 6.07) is 15.1. The summed E-state index contributed by atoms with van der Waals surface area (Å²) < 4.78 is 10.9. The molecular formula is C21H20N2O5S. The fourth-order valence-electron chi connectivity index (χ4n) is 2.79. The SMILES string of the molecule is COc1ccc(-c2cc([N+](=O)[O-])ccc2OCC(=O)NC(C)c2cccs2)cc1. The second-order valence-electron chi connectivity index (χ2n) is 6.26. The van der Waals surface area contributed by atoms with Crippen LogP contribution in [0.1, 0.15) is 17.8 Å². The molecule has 0 aliphatic rings. The summed E-state index contributed by atoms with van der Waals surface area (Å²) in [5, 5.41) is 16.0. The molecule has 0 saturated carbocycles. The molecule has 0 radical (unpaired) electrons. The highest BCUT2D eigenvalue weighted by atomic mass is 32.1. The number of carbonyl (C=O) groups excluding carboxylic acids is 1. The van der Waals surface area contributed by atoms with Gasteiger partial charge in [0.15, 0.2) is 6.61 Å². The lowest BCUT2D eigenvalue weighted by Gasteiger charge is -2.15. The summed E-state index contributed by atoms with van der Waals surface area (Å²) >= 11 is 1.56. The van der Waals surface area contributed by atoms with Gasteiger partial charge in [0, 0.05) is 22.6 Å². The average molecular weight is 412 g/mol. The van der Waals surface area contributed by atoms with Gasteiger partial charge in [-0.25, -0.2) is 0 Å². The second kappa shape index (κ2) is 9.20. The van der Waals surface area contributed by atoms with Crippen LogP contribution in [0.3, 0.4) is 0 Å². The van der Waals surface area contributed by atoms with Crippen LogP contribution < -0.4 is 14.8 Å². The van der Waals surface area contributed by atoms with E-state index in [2.05, 4.69) is 5.32 Å². The van der Waals surface area contributed by atoms with Crippen molar-refractivity contribution in [2.45, 2.75) is 13.0 Å². The number of non-ortho nitro benzene ring substituents is 1. The third-order valence-electron chi connectivity index (χ3n) is 4.28. The molecule has 0 fully saturated rings.